The minimum absolute atomic E-state index is 0.289. The zero-order valence-electron chi connectivity index (χ0n) is 8.86. The van der Waals surface area contributed by atoms with Crippen LogP contribution in [0.25, 0.3) is 0 Å². The van der Waals surface area contributed by atoms with Gasteiger partial charge in [-0.15, -0.1) is 0 Å². The van der Waals surface area contributed by atoms with Crippen molar-refractivity contribution >= 4 is 12.1 Å². The first-order valence-corrected chi connectivity index (χ1v) is 4.39. The van der Waals surface area contributed by atoms with E-state index in [0.717, 1.165) is 0 Å². The minimum atomic E-state index is -0.794. The average Bonchev–Trinajstić information content (AvgIpc) is 2.31. The van der Waals surface area contributed by atoms with Crippen molar-refractivity contribution in [1.82, 2.24) is 4.90 Å². The predicted molar refractivity (Wildman–Crippen MR) is 48.7 cm³/mol. The monoisotopic (exact) mass is 201 g/mol. The second-order valence-electron chi connectivity index (χ2n) is 4.25. The molecule has 1 fully saturated rings. The summed E-state index contributed by atoms with van der Waals surface area (Å²) in [6.07, 6.45) is -1.32. The minimum Gasteiger partial charge on any atom is -0.462 e. The van der Waals surface area contributed by atoms with Crippen LogP contribution in [0.2, 0.25) is 0 Å². The Hall–Kier alpha value is -1.26. The van der Waals surface area contributed by atoms with Crippen LogP contribution in [0.3, 0.4) is 0 Å². The molecule has 5 nitrogen and oxygen atoms in total. The number of cyclic esters (lactones) is 1. The molecule has 1 rings (SSSR count). The van der Waals surface area contributed by atoms with Crippen molar-refractivity contribution < 1.29 is 19.1 Å². The maximum Gasteiger partial charge on any atom is 0.410 e. The highest BCUT2D eigenvalue weighted by atomic mass is 16.6. The van der Waals surface area contributed by atoms with E-state index >= 15 is 0 Å². The van der Waals surface area contributed by atoms with E-state index in [2.05, 4.69) is 0 Å². The molecule has 1 atom stereocenters. The van der Waals surface area contributed by atoms with Crippen molar-refractivity contribution in [3.8, 4) is 0 Å². The fourth-order valence-corrected chi connectivity index (χ4v) is 1.14. The number of nitrogens with zero attached hydrogens (tertiary/aromatic N) is 1. The summed E-state index contributed by atoms with van der Waals surface area (Å²) in [7, 11) is 3.13. The lowest BCUT2D eigenvalue weighted by molar-refractivity contribution is -0.145. The summed E-state index contributed by atoms with van der Waals surface area (Å²) in [4.78, 5) is 23.7. The lowest BCUT2D eigenvalue weighted by atomic mass is 9.90. The van der Waals surface area contributed by atoms with Crippen LogP contribution in [0.1, 0.15) is 13.8 Å². The van der Waals surface area contributed by atoms with Crippen molar-refractivity contribution in [3.05, 3.63) is 0 Å². The molecule has 5 heteroatoms. The molecule has 1 amide bonds. The molecule has 0 saturated carbocycles. The maximum absolute atomic E-state index is 11.2. The quantitative estimate of drug-likeness (QED) is 0.584. The second kappa shape index (κ2) is 3.48. The SMILES string of the molecule is CN(C)C(=O)OC1C(=O)OCC1(C)C. The van der Waals surface area contributed by atoms with Crippen LogP contribution in [-0.4, -0.2) is 43.8 Å². The van der Waals surface area contributed by atoms with Gasteiger partial charge in [-0.2, -0.15) is 0 Å². The van der Waals surface area contributed by atoms with Crippen LogP contribution < -0.4 is 0 Å². The first-order chi connectivity index (χ1) is 6.34. The summed E-state index contributed by atoms with van der Waals surface area (Å²) in [5, 5.41) is 0. The van der Waals surface area contributed by atoms with E-state index in [1.54, 1.807) is 14.1 Å². The number of ether oxygens (including phenoxy) is 2. The molecule has 80 valence electrons. The van der Waals surface area contributed by atoms with Gasteiger partial charge in [-0.25, -0.2) is 9.59 Å². The molecule has 0 aliphatic carbocycles. The number of carbonyl (C=O) groups excluding carboxylic acids is 2. The molecule has 1 aliphatic rings. The standard InChI is InChI=1S/C9H15NO4/c1-9(2)5-13-7(11)6(9)14-8(12)10(3)4/h6H,5H2,1-4H3. The van der Waals surface area contributed by atoms with E-state index in [1.807, 2.05) is 13.8 Å². The Morgan fingerprint density at radius 1 is 1.57 bits per heavy atom. The molecule has 1 heterocycles. The van der Waals surface area contributed by atoms with Crippen LogP contribution in [0.15, 0.2) is 0 Å². The smallest absolute Gasteiger partial charge is 0.410 e. The van der Waals surface area contributed by atoms with Crippen LogP contribution in [0.5, 0.6) is 0 Å². The van der Waals surface area contributed by atoms with Crippen LogP contribution in [-0.2, 0) is 14.3 Å². The molecular weight excluding hydrogens is 186 g/mol. The molecule has 1 unspecified atom stereocenters. The van der Waals surface area contributed by atoms with Crippen molar-refractivity contribution in [2.24, 2.45) is 5.41 Å². The molecule has 0 aromatic rings. The zero-order chi connectivity index (χ0) is 10.9. The summed E-state index contributed by atoms with van der Waals surface area (Å²) in [6.45, 7) is 3.94. The number of amides is 1. The van der Waals surface area contributed by atoms with Gasteiger partial charge in [0.15, 0.2) is 0 Å². The third-order valence-electron chi connectivity index (χ3n) is 2.09. The van der Waals surface area contributed by atoms with Crippen LogP contribution >= 0.6 is 0 Å². The Labute approximate surface area is 83.0 Å². The summed E-state index contributed by atoms with van der Waals surface area (Å²) < 4.78 is 9.84. The van der Waals surface area contributed by atoms with Gasteiger partial charge in [0, 0.05) is 19.5 Å². The average molecular weight is 201 g/mol. The number of hydrogen-bond acceptors (Lipinski definition) is 4. The Morgan fingerprint density at radius 3 is 2.50 bits per heavy atom. The van der Waals surface area contributed by atoms with E-state index in [-0.39, 0.29) is 6.61 Å². The Morgan fingerprint density at radius 2 is 2.14 bits per heavy atom. The van der Waals surface area contributed by atoms with Gasteiger partial charge in [0.25, 0.3) is 0 Å². The molecular formula is C9H15NO4. The number of carbonyl (C=O) groups is 2. The highest BCUT2D eigenvalue weighted by molar-refractivity contribution is 5.81. The van der Waals surface area contributed by atoms with Crippen LogP contribution in [0, 0.1) is 5.41 Å². The van der Waals surface area contributed by atoms with E-state index in [0.29, 0.717) is 0 Å². The van der Waals surface area contributed by atoms with Gasteiger partial charge in [-0.3, -0.25) is 0 Å². The highest BCUT2D eigenvalue weighted by Gasteiger charge is 2.46. The lowest BCUT2D eigenvalue weighted by Crippen LogP contribution is -2.38. The number of esters is 1. The van der Waals surface area contributed by atoms with Gasteiger partial charge in [-0.05, 0) is 0 Å². The first kappa shape index (κ1) is 10.8. The van der Waals surface area contributed by atoms with Gasteiger partial charge < -0.3 is 14.4 Å². The summed E-state index contributed by atoms with van der Waals surface area (Å²) >= 11 is 0. The zero-order valence-corrected chi connectivity index (χ0v) is 8.86. The number of hydrogen-bond donors (Lipinski definition) is 0. The van der Waals surface area contributed by atoms with Gasteiger partial charge in [-0.1, -0.05) is 13.8 Å². The summed E-state index contributed by atoms with van der Waals surface area (Å²) in [5.41, 5.74) is -0.442. The van der Waals surface area contributed by atoms with E-state index in [1.165, 1.54) is 4.90 Å². The Balaban J connectivity index is 2.67. The van der Waals surface area contributed by atoms with Crippen molar-refractivity contribution in [3.63, 3.8) is 0 Å². The molecule has 0 aromatic heterocycles. The molecule has 0 N–H and O–H groups in total. The summed E-state index contributed by atoms with van der Waals surface area (Å²) in [5.74, 6) is -0.467. The van der Waals surface area contributed by atoms with Gasteiger partial charge in [0.2, 0.25) is 6.10 Å². The fourth-order valence-electron chi connectivity index (χ4n) is 1.14. The van der Waals surface area contributed by atoms with Crippen molar-refractivity contribution in [2.75, 3.05) is 20.7 Å². The first-order valence-electron chi connectivity index (χ1n) is 4.39. The van der Waals surface area contributed by atoms with Crippen LogP contribution in [0.4, 0.5) is 4.79 Å². The van der Waals surface area contributed by atoms with Gasteiger partial charge in [0.05, 0.1) is 0 Å². The summed E-state index contributed by atoms with van der Waals surface area (Å²) in [6, 6.07) is 0. The predicted octanol–water partition coefficient (Wildman–Crippen LogP) is 0.636. The Bertz CT molecular complexity index is 260. The second-order valence-corrected chi connectivity index (χ2v) is 4.25. The molecule has 0 bridgehead atoms. The topological polar surface area (TPSA) is 55.8 Å². The third-order valence-corrected chi connectivity index (χ3v) is 2.09. The molecule has 1 aliphatic heterocycles. The number of rotatable bonds is 1. The van der Waals surface area contributed by atoms with E-state index in [9.17, 15) is 9.59 Å². The molecule has 14 heavy (non-hydrogen) atoms. The molecule has 0 radical (unpaired) electrons. The lowest BCUT2D eigenvalue weighted by Gasteiger charge is -2.23. The third kappa shape index (κ3) is 1.97. The molecule has 0 aromatic carbocycles. The van der Waals surface area contributed by atoms with E-state index in [4.69, 9.17) is 9.47 Å². The van der Waals surface area contributed by atoms with Crippen molar-refractivity contribution in [1.29, 1.82) is 0 Å². The van der Waals surface area contributed by atoms with Crippen molar-refractivity contribution in [2.45, 2.75) is 20.0 Å². The largest absolute Gasteiger partial charge is 0.462 e. The van der Waals surface area contributed by atoms with E-state index < -0.39 is 23.6 Å². The molecule has 1 saturated heterocycles. The van der Waals surface area contributed by atoms with Gasteiger partial charge in [0.1, 0.15) is 6.61 Å². The maximum atomic E-state index is 11.2. The normalized spacial score (nSPS) is 24.3. The highest BCUT2D eigenvalue weighted by Crippen LogP contribution is 2.31. The molecule has 0 spiro atoms. The fraction of sp³-hybridized carbons (Fsp3) is 0.778. The Kier molecular flexibility index (Phi) is 2.69. The van der Waals surface area contributed by atoms with Gasteiger partial charge >= 0.3 is 12.1 Å².